The van der Waals surface area contributed by atoms with Crippen LogP contribution in [-0.4, -0.2) is 46.2 Å². The minimum atomic E-state index is -0.533. The molecule has 140 valence electrons. The van der Waals surface area contributed by atoms with Crippen molar-refractivity contribution < 1.29 is 14.0 Å². The van der Waals surface area contributed by atoms with Gasteiger partial charge in [0.1, 0.15) is 5.76 Å². The Labute approximate surface area is 156 Å². The highest BCUT2D eigenvalue weighted by molar-refractivity contribution is 5.93. The molecule has 0 aromatic carbocycles. The quantitative estimate of drug-likeness (QED) is 0.823. The molecule has 2 aromatic heterocycles. The number of carbonyl (C=O) groups excluding carboxylic acids is 2. The summed E-state index contributed by atoms with van der Waals surface area (Å²) in [7, 11) is 0. The van der Waals surface area contributed by atoms with E-state index in [-0.39, 0.29) is 23.0 Å². The summed E-state index contributed by atoms with van der Waals surface area (Å²) >= 11 is 0. The molecule has 2 aromatic rings. The average Bonchev–Trinajstić information content (AvgIpc) is 3.21. The fraction of sp³-hybridized carbons (Fsp3) is 0.400. The van der Waals surface area contributed by atoms with Gasteiger partial charge in [0.05, 0.1) is 17.7 Å². The lowest BCUT2D eigenvalue weighted by Gasteiger charge is -2.23. The van der Waals surface area contributed by atoms with E-state index in [9.17, 15) is 14.4 Å². The van der Waals surface area contributed by atoms with Gasteiger partial charge in [-0.15, -0.1) is 0 Å². The summed E-state index contributed by atoms with van der Waals surface area (Å²) in [6.07, 6.45) is 3.07. The standard InChI is InChI=1S/C20H21N3O4/c1-14-10-16(24)11-17(27-14)18(25)23-9-6-20(13-23)5-8-22(19(20)26)12-15-4-2-3-7-21-15/h2-4,7,10-11H,5-6,8-9,12-13H2,1H3. The Morgan fingerprint density at radius 2 is 2.04 bits per heavy atom. The van der Waals surface area contributed by atoms with Crippen molar-refractivity contribution >= 4 is 11.8 Å². The number of nitrogens with zero attached hydrogens (tertiary/aromatic N) is 3. The predicted molar refractivity (Wildman–Crippen MR) is 96.9 cm³/mol. The Balaban J connectivity index is 1.48. The van der Waals surface area contributed by atoms with Crippen LogP contribution in [0.25, 0.3) is 0 Å². The lowest BCUT2D eigenvalue weighted by molar-refractivity contribution is -0.136. The van der Waals surface area contributed by atoms with Crippen molar-refractivity contribution in [2.45, 2.75) is 26.3 Å². The Morgan fingerprint density at radius 1 is 1.22 bits per heavy atom. The first-order valence-electron chi connectivity index (χ1n) is 9.07. The van der Waals surface area contributed by atoms with Gasteiger partial charge in [0, 0.05) is 38.0 Å². The molecule has 1 atom stereocenters. The summed E-state index contributed by atoms with van der Waals surface area (Å²) in [5.41, 5.74) is 0.0685. The normalized spacial score (nSPS) is 22.0. The van der Waals surface area contributed by atoms with Crippen LogP contribution < -0.4 is 5.43 Å². The fourth-order valence-corrected chi connectivity index (χ4v) is 4.02. The summed E-state index contributed by atoms with van der Waals surface area (Å²) in [4.78, 5) is 45.2. The highest BCUT2D eigenvalue weighted by Crippen LogP contribution is 2.41. The Morgan fingerprint density at radius 3 is 2.78 bits per heavy atom. The van der Waals surface area contributed by atoms with E-state index in [1.54, 1.807) is 18.0 Å². The topological polar surface area (TPSA) is 83.7 Å². The van der Waals surface area contributed by atoms with Gasteiger partial charge in [0.25, 0.3) is 5.91 Å². The first-order chi connectivity index (χ1) is 13.0. The molecule has 2 amide bonds. The molecule has 2 saturated heterocycles. The molecule has 4 rings (SSSR count). The summed E-state index contributed by atoms with van der Waals surface area (Å²) in [5.74, 6) is 0.184. The minimum Gasteiger partial charge on any atom is -0.456 e. The van der Waals surface area contributed by atoms with Crippen molar-refractivity contribution in [3.8, 4) is 0 Å². The molecule has 0 bridgehead atoms. The molecule has 1 unspecified atom stereocenters. The molecule has 0 radical (unpaired) electrons. The summed E-state index contributed by atoms with van der Waals surface area (Å²) < 4.78 is 5.42. The van der Waals surface area contributed by atoms with Gasteiger partial charge < -0.3 is 14.2 Å². The SMILES string of the molecule is Cc1cc(=O)cc(C(=O)N2CCC3(CCN(Cc4ccccn4)C3=O)C2)o1. The van der Waals surface area contributed by atoms with Gasteiger partial charge >= 0.3 is 0 Å². The second kappa shape index (κ2) is 6.64. The third-order valence-corrected chi connectivity index (χ3v) is 5.42. The number of pyridine rings is 1. The molecule has 2 fully saturated rings. The number of rotatable bonds is 3. The number of aryl methyl sites for hydroxylation is 1. The van der Waals surface area contributed by atoms with Crippen molar-refractivity contribution in [3.63, 3.8) is 0 Å². The van der Waals surface area contributed by atoms with Gasteiger partial charge in [-0.1, -0.05) is 6.07 Å². The highest BCUT2D eigenvalue weighted by atomic mass is 16.3. The van der Waals surface area contributed by atoms with E-state index in [2.05, 4.69) is 4.98 Å². The summed E-state index contributed by atoms with van der Waals surface area (Å²) in [5, 5.41) is 0. The van der Waals surface area contributed by atoms with Crippen LogP contribution in [0.3, 0.4) is 0 Å². The maximum absolute atomic E-state index is 13.0. The molecule has 7 nitrogen and oxygen atoms in total. The van der Waals surface area contributed by atoms with Crippen LogP contribution in [0, 0.1) is 12.3 Å². The third-order valence-electron chi connectivity index (χ3n) is 5.42. The first kappa shape index (κ1) is 17.5. The van der Waals surface area contributed by atoms with Gasteiger partial charge in [-0.05, 0) is 31.9 Å². The monoisotopic (exact) mass is 367 g/mol. The number of aromatic nitrogens is 1. The molecular weight excluding hydrogens is 346 g/mol. The molecule has 0 aliphatic carbocycles. The Kier molecular flexibility index (Phi) is 4.30. The zero-order valence-electron chi connectivity index (χ0n) is 15.2. The van der Waals surface area contributed by atoms with Gasteiger partial charge in [0.15, 0.2) is 11.2 Å². The van der Waals surface area contributed by atoms with Crippen LogP contribution in [0.5, 0.6) is 0 Å². The number of carbonyl (C=O) groups is 2. The van der Waals surface area contributed by atoms with Crippen LogP contribution in [0.15, 0.2) is 45.7 Å². The van der Waals surface area contributed by atoms with Crippen LogP contribution in [0.4, 0.5) is 0 Å². The van der Waals surface area contributed by atoms with Crippen molar-refractivity contribution in [2.75, 3.05) is 19.6 Å². The Bertz CT molecular complexity index is 940. The van der Waals surface area contributed by atoms with Crippen LogP contribution >= 0.6 is 0 Å². The fourth-order valence-electron chi connectivity index (χ4n) is 4.02. The van der Waals surface area contributed by atoms with Crippen molar-refractivity contribution in [2.24, 2.45) is 5.41 Å². The van der Waals surface area contributed by atoms with E-state index < -0.39 is 5.41 Å². The van der Waals surface area contributed by atoms with Crippen molar-refractivity contribution in [1.82, 2.24) is 14.8 Å². The number of hydrogen-bond acceptors (Lipinski definition) is 5. The summed E-state index contributed by atoms with van der Waals surface area (Å²) in [6.45, 7) is 3.64. The largest absolute Gasteiger partial charge is 0.456 e. The van der Waals surface area contributed by atoms with Crippen molar-refractivity contribution in [1.29, 1.82) is 0 Å². The van der Waals surface area contributed by atoms with Crippen LogP contribution in [-0.2, 0) is 11.3 Å². The van der Waals surface area contributed by atoms with Gasteiger partial charge in [-0.3, -0.25) is 19.4 Å². The van der Waals surface area contributed by atoms with Gasteiger partial charge in [-0.2, -0.15) is 0 Å². The zero-order chi connectivity index (χ0) is 19.0. The van der Waals surface area contributed by atoms with Crippen LogP contribution in [0.1, 0.15) is 34.9 Å². The number of hydrogen-bond donors (Lipinski definition) is 0. The first-order valence-corrected chi connectivity index (χ1v) is 9.07. The van der Waals surface area contributed by atoms with Gasteiger partial charge in [-0.25, -0.2) is 0 Å². The molecule has 0 saturated carbocycles. The molecule has 2 aliphatic rings. The molecule has 7 heteroatoms. The maximum atomic E-state index is 13.0. The number of amides is 2. The molecular formula is C20H21N3O4. The van der Waals surface area contributed by atoms with E-state index in [1.807, 2.05) is 23.1 Å². The minimum absolute atomic E-state index is 0.0350. The predicted octanol–water partition coefficient (Wildman–Crippen LogP) is 1.61. The van der Waals surface area contributed by atoms with Gasteiger partial charge in [0.2, 0.25) is 5.91 Å². The third kappa shape index (κ3) is 3.25. The zero-order valence-corrected chi connectivity index (χ0v) is 15.2. The van der Waals surface area contributed by atoms with Crippen molar-refractivity contribution in [3.05, 3.63) is 64.0 Å². The number of likely N-dealkylation sites (tertiary alicyclic amines) is 2. The van der Waals surface area contributed by atoms with E-state index in [0.29, 0.717) is 38.4 Å². The van der Waals surface area contributed by atoms with Crippen LogP contribution in [0.2, 0.25) is 0 Å². The molecule has 1 spiro atoms. The van der Waals surface area contributed by atoms with E-state index in [0.717, 1.165) is 12.1 Å². The maximum Gasteiger partial charge on any atom is 0.289 e. The average molecular weight is 367 g/mol. The molecule has 0 N–H and O–H groups in total. The highest BCUT2D eigenvalue weighted by Gasteiger charge is 2.51. The van der Waals surface area contributed by atoms with E-state index in [4.69, 9.17) is 4.42 Å². The lowest BCUT2D eigenvalue weighted by Crippen LogP contribution is -2.38. The smallest absolute Gasteiger partial charge is 0.289 e. The summed E-state index contributed by atoms with van der Waals surface area (Å²) in [6, 6.07) is 8.22. The van der Waals surface area contributed by atoms with E-state index in [1.165, 1.54) is 12.1 Å². The van der Waals surface area contributed by atoms with E-state index >= 15 is 0 Å². The second-order valence-electron chi connectivity index (χ2n) is 7.32. The lowest BCUT2D eigenvalue weighted by atomic mass is 9.85. The molecule has 2 aliphatic heterocycles. The molecule has 4 heterocycles. The molecule has 27 heavy (non-hydrogen) atoms. The Hall–Kier alpha value is -2.96. The second-order valence-corrected chi connectivity index (χ2v) is 7.32.